The van der Waals surface area contributed by atoms with Crippen molar-refractivity contribution in [3.8, 4) is 0 Å². The summed E-state index contributed by atoms with van der Waals surface area (Å²) in [6.45, 7) is 1.94. The van der Waals surface area contributed by atoms with E-state index in [1.54, 1.807) is 6.07 Å². The molecule has 124 valence electrons. The highest BCUT2D eigenvalue weighted by atomic mass is 35.5. The fraction of sp³-hybridized carbons (Fsp3) is 0.263. The maximum Gasteiger partial charge on any atom is 0.227 e. The summed E-state index contributed by atoms with van der Waals surface area (Å²) >= 11 is 6.12. The van der Waals surface area contributed by atoms with Gasteiger partial charge < -0.3 is 10.6 Å². The Balaban J connectivity index is 1.57. The molecule has 1 atom stereocenters. The molecule has 5 heteroatoms. The molecule has 2 aromatic carbocycles. The molecule has 2 N–H and O–H groups in total. The average molecular weight is 343 g/mol. The Morgan fingerprint density at radius 1 is 1.29 bits per heavy atom. The van der Waals surface area contributed by atoms with E-state index in [0.717, 1.165) is 16.8 Å². The number of hydrogen-bond donors (Lipinski definition) is 2. The molecule has 1 unspecified atom stereocenters. The van der Waals surface area contributed by atoms with Crippen LogP contribution < -0.4 is 10.6 Å². The fourth-order valence-electron chi connectivity index (χ4n) is 2.89. The van der Waals surface area contributed by atoms with E-state index in [-0.39, 0.29) is 24.2 Å². The number of carbonyl (C=O) groups is 2. The van der Waals surface area contributed by atoms with E-state index < -0.39 is 0 Å². The Kier molecular flexibility index (Phi) is 4.86. The molecule has 4 nitrogen and oxygen atoms in total. The van der Waals surface area contributed by atoms with Crippen LogP contribution in [0, 0.1) is 12.8 Å². The van der Waals surface area contributed by atoms with Gasteiger partial charge in [0.25, 0.3) is 0 Å². The van der Waals surface area contributed by atoms with Gasteiger partial charge in [0.05, 0.1) is 10.7 Å². The van der Waals surface area contributed by atoms with E-state index in [4.69, 9.17) is 11.6 Å². The summed E-state index contributed by atoms with van der Waals surface area (Å²) in [6.07, 6.45) is 1.46. The van der Waals surface area contributed by atoms with E-state index in [9.17, 15) is 9.59 Å². The van der Waals surface area contributed by atoms with Crippen LogP contribution in [0.5, 0.6) is 0 Å². The molecule has 0 saturated heterocycles. The molecular formula is C19H19ClN2O2. The molecule has 0 fully saturated rings. The van der Waals surface area contributed by atoms with Gasteiger partial charge in [-0.05, 0) is 49.1 Å². The van der Waals surface area contributed by atoms with Crippen molar-refractivity contribution < 1.29 is 9.59 Å². The van der Waals surface area contributed by atoms with Gasteiger partial charge in [-0.3, -0.25) is 9.59 Å². The number of benzene rings is 2. The number of aryl methyl sites for hydroxylation is 1. The Labute approximate surface area is 146 Å². The van der Waals surface area contributed by atoms with Crippen LogP contribution in [0.15, 0.2) is 42.5 Å². The molecule has 1 aliphatic rings. The van der Waals surface area contributed by atoms with Crippen LogP contribution in [0.1, 0.15) is 24.0 Å². The fourth-order valence-corrected chi connectivity index (χ4v) is 3.17. The van der Waals surface area contributed by atoms with Gasteiger partial charge in [0.15, 0.2) is 0 Å². The third kappa shape index (κ3) is 3.77. The van der Waals surface area contributed by atoms with Gasteiger partial charge in [-0.2, -0.15) is 0 Å². The van der Waals surface area contributed by atoms with E-state index in [1.165, 1.54) is 0 Å². The van der Waals surface area contributed by atoms with Crippen molar-refractivity contribution in [2.75, 3.05) is 10.6 Å². The molecule has 1 heterocycles. The molecule has 0 radical (unpaired) electrons. The van der Waals surface area contributed by atoms with Crippen molar-refractivity contribution in [1.29, 1.82) is 0 Å². The number of hydrogen-bond acceptors (Lipinski definition) is 2. The molecule has 2 aromatic rings. The van der Waals surface area contributed by atoms with Gasteiger partial charge in [-0.1, -0.05) is 35.9 Å². The van der Waals surface area contributed by atoms with Crippen molar-refractivity contribution in [3.63, 3.8) is 0 Å². The largest absolute Gasteiger partial charge is 0.326 e. The summed E-state index contributed by atoms with van der Waals surface area (Å²) in [5, 5.41) is 6.24. The molecule has 0 spiro atoms. The predicted octanol–water partition coefficient (Wildman–Crippen LogP) is 4.18. The van der Waals surface area contributed by atoms with Gasteiger partial charge >= 0.3 is 0 Å². The number of rotatable bonds is 4. The quantitative estimate of drug-likeness (QED) is 0.875. The minimum Gasteiger partial charge on any atom is -0.326 e. The molecule has 0 aliphatic carbocycles. The van der Waals surface area contributed by atoms with Crippen LogP contribution in [-0.4, -0.2) is 11.8 Å². The van der Waals surface area contributed by atoms with E-state index in [1.807, 2.05) is 43.3 Å². The predicted molar refractivity (Wildman–Crippen MR) is 96.3 cm³/mol. The third-order valence-electron chi connectivity index (χ3n) is 4.23. The Morgan fingerprint density at radius 3 is 2.88 bits per heavy atom. The summed E-state index contributed by atoms with van der Waals surface area (Å²) in [5.74, 6) is -0.332. The van der Waals surface area contributed by atoms with Crippen LogP contribution in [0.4, 0.5) is 11.4 Å². The van der Waals surface area contributed by atoms with Crippen molar-refractivity contribution >= 4 is 34.8 Å². The number of anilines is 2. The van der Waals surface area contributed by atoms with Crippen molar-refractivity contribution in [2.24, 2.45) is 5.92 Å². The van der Waals surface area contributed by atoms with Crippen molar-refractivity contribution in [1.82, 2.24) is 0 Å². The topological polar surface area (TPSA) is 58.2 Å². The van der Waals surface area contributed by atoms with Crippen LogP contribution >= 0.6 is 11.6 Å². The Morgan fingerprint density at radius 2 is 2.08 bits per heavy atom. The maximum atomic E-state index is 12.2. The highest BCUT2D eigenvalue weighted by molar-refractivity contribution is 6.33. The number of amides is 2. The normalized spacial score (nSPS) is 16.2. The summed E-state index contributed by atoms with van der Waals surface area (Å²) in [5.41, 5.74) is 3.62. The zero-order chi connectivity index (χ0) is 17.1. The average Bonchev–Trinajstić information content (AvgIpc) is 2.55. The molecule has 1 aliphatic heterocycles. The van der Waals surface area contributed by atoms with Gasteiger partial charge in [-0.15, -0.1) is 0 Å². The highest BCUT2D eigenvalue weighted by Gasteiger charge is 2.26. The number of para-hydroxylation sites is 1. The van der Waals surface area contributed by atoms with Gasteiger partial charge in [0, 0.05) is 18.0 Å². The zero-order valence-corrected chi connectivity index (χ0v) is 14.2. The maximum absolute atomic E-state index is 12.2. The first-order valence-electron chi connectivity index (χ1n) is 7.97. The van der Waals surface area contributed by atoms with Gasteiger partial charge in [0.2, 0.25) is 11.8 Å². The summed E-state index contributed by atoms with van der Waals surface area (Å²) in [7, 11) is 0. The SMILES string of the molecule is Cc1ccc(NC(=O)CCC2Cc3ccccc3NC2=O)c(Cl)c1. The molecular weight excluding hydrogens is 324 g/mol. The minimum absolute atomic E-state index is 0.0186. The zero-order valence-electron chi connectivity index (χ0n) is 13.4. The summed E-state index contributed by atoms with van der Waals surface area (Å²) < 4.78 is 0. The van der Waals surface area contributed by atoms with Crippen molar-refractivity contribution in [3.05, 3.63) is 58.6 Å². The Hall–Kier alpha value is -2.33. The van der Waals surface area contributed by atoms with Crippen LogP contribution in [0.25, 0.3) is 0 Å². The number of fused-ring (bicyclic) bond motifs is 1. The molecule has 0 saturated carbocycles. The van der Waals surface area contributed by atoms with Crippen molar-refractivity contribution in [2.45, 2.75) is 26.2 Å². The number of halogens is 1. The minimum atomic E-state index is -0.181. The van der Waals surface area contributed by atoms with Crippen LogP contribution in [0.2, 0.25) is 5.02 Å². The lowest BCUT2D eigenvalue weighted by Crippen LogP contribution is -2.30. The number of carbonyl (C=O) groups excluding carboxylic acids is 2. The third-order valence-corrected chi connectivity index (χ3v) is 4.54. The molecule has 0 aromatic heterocycles. The smallest absolute Gasteiger partial charge is 0.227 e. The molecule has 0 bridgehead atoms. The Bertz CT molecular complexity index is 789. The first-order chi connectivity index (χ1) is 11.5. The monoisotopic (exact) mass is 342 g/mol. The first kappa shape index (κ1) is 16.5. The van der Waals surface area contributed by atoms with Crippen LogP contribution in [-0.2, 0) is 16.0 Å². The van der Waals surface area contributed by atoms with E-state index >= 15 is 0 Å². The van der Waals surface area contributed by atoms with E-state index in [0.29, 0.717) is 23.6 Å². The van der Waals surface area contributed by atoms with Gasteiger partial charge in [-0.25, -0.2) is 0 Å². The second-order valence-electron chi connectivity index (χ2n) is 6.12. The van der Waals surface area contributed by atoms with Gasteiger partial charge in [0.1, 0.15) is 0 Å². The summed E-state index contributed by atoms with van der Waals surface area (Å²) in [6, 6.07) is 13.3. The second kappa shape index (κ2) is 7.05. The molecule has 24 heavy (non-hydrogen) atoms. The first-order valence-corrected chi connectivity index (χ1v) is 8.35. The highest BCUT2D eigenvalue weighted by Crippen LogP contribution is 2.28. The molecule has 2 amide bonds. The lowest BCUT2D eigenvalue weighted by molar-refractivity contribution is -0.121. The molecule has 3 rings (SSSR count). The second-order valence-corrected chi connectivity index (χ2v) is 6.52. The lowest BCUT2D eigenvalue weighted by atomic mass is 9.89. The standard InChI is InChI=1S/C19H19ClN2O2/c1-12-6-8-17(15(20)10-12)21-18(23)9-7-14-11-13-4-2-3-5-16(13)22-19(14)24/h2-6,8,10,14H,7,9,11H2,1H3,(H,21,23)(H,22,24). The van der Waals surface area contributed by atoms with Crippen LogP contribution in [0.3, 0.4) is 0 Å². The lowest BCUT2D eigenvalue weighted by Gasteiger charge is -2.24. The van der Waals surface area contributed by atoms with E-state index in [2.05, 4.69) is 10.6 Å². The summed E-state index contributed by atoms with van der Waals surface area (Å²) in [4.78, 5) is 24.3. The number of nitrogens with one attached hydrogen (secondary N) is 2.